The van der Waals surface area contributed by atoms with Gasteiger partial charge < -0.3 is 13.9 Å². The van der Waals surface area contributed by atoms with Crippen LogP contribution in [0.15, 0.2) is 52.9 Å². The fourth-order valence-electron chi connectivity index (χ4n) is 2.73. The summed E-state index contributed by atoms with van der Waals surface area (Å²) < 4.78 is 15.8. The summed E-state index contributed by atoms with van der Waals surface area (Å²) in [6.45, 7) is 0. The molecular weight excluding hydrogens is 320 g/mol. The van der Waals surface area contributed by atoms with Crippen molar-refractivity contribution in [3.63, 3.8) is 0 Å². The van der Waals surface area contributed by atoms with Crippen LogP contribution in [0.3, 0.4) is 0 Å². The fourth-order valence-corrected chi connectivity index (χ4v) is 2.73. The van der Waals surface area contributed by atoms with Crippen LogP contribution in [-0.4, -0.2) is 26.0 Å². The van der Waals surface area contributed by atoms with E-state index in [1.54, 1.807) is 37.4 Å². The van der Waals surface area contributed by atoms with Crippen molar-refractivity contribution < 1.29 is 23.5 Å². The summed E-state index contributed by atoms with van der Waals surface area (Å²) in [6.07, 6.45) is 0.431. The molecule has 0 bridgehead atoms. The molecule has 3 aromatic rings. The lowest BCUT2D eigenvalue weighted by Crippen LogP contribution is -2.06. The lowest BCUT2D eigenvalue weighted by Gasteiger charge is -2.04. The van der Waals surface area contributed by atoms with Gasteiger partial charge in [0, 0.05) is 17.4 Å². The topological polar surface area (TPSA) is 65.7 Å². The number of esters is 1. The Bertz CT molecular complexity index is 908. The first-order valence-electron chi connectivity index (χ1n) is 7.90. The Morgan fingerprint density at radius 1 is 1.04 bits per heavy atom. The molecule has 0 amide bonds. The number of fused-ring (bicyclic) bond motifs is 1. The van der Waals surface area contributed by atoms with Gasteiger partial charge in [-0.2, -0.15) is 0 Å². The largest absolute Gasteiger partial charge is 0.497 e. The molecule has 0 aliphatic carbocycles. The van der Waals surface area contributed by atoms with Crippen LogP contribution in [0.4, 0.5) is 0 Å². The molecule has 0 radical (unpaired) electrons. The number of methoxy groups -OCH3 is 2. The van der Waals surface area contributed by atoms with E-state index in [0.717, 1.165) is 0 Å². The first-order chi connectivity index (χ1) is 12.1. The minimum absolute atomic E-state index is 0.141. The monoisotopic (exact) mass is 338 g/mol. The van der Waals surface area contributed by atoms with E-state index in [4.69, 9.17) is 9.15 Å². The van der Waals surface area contributed by atoms with E-state index < -0.39 is 0 Å². The van der Waals surface area contributed by atoms with E-state index in [1.165, 1.54) is 7.11 Å². The maximum absolute atomic E-state index is 13.0. The molecule has 0 unspecified atom stereocenters. The Hall–Kier alpha value is -3.08. The van der Waals surface area contributed by atoms with Crippen molar-refractivity contribution in [2.75, 3.05) is 14.2 Å². The van der Waals surface area contributed by atoms with Crippen molar-refractivity contribution in [3.8, 4) is 5.75 Å². The molecule has 0 saturated carbocycles. The number of ether oxygens (including phenoxy) is 2. The van der Waals surface area contributed by atoms with Gasteiger partial charge in [0.15, 0.2) is 5.78 Å². The maximum atomic E-state index is 13.0. The highest BCUT2D eigenvalue weighted by molar-refractivity contribution is 6.17. The van der Waals surface area contributed by atoms with Gasteiger partial charge in [0.25, 0.3) is 0 Å². The van der Waals surface area contributed by atoms with Crippen molar-refractivity contribution in [1.82, 2.24) is 0 Å². The number of aryl methyl sites for hydroxylation is 1. The number of furan rings is 1. The molecule has 0 saturated heterocycles. The predicted molar refractivity (Wildman–Crippen MR) is 93.0 cm³/mol. The van der Waals surface area contributed by atoms with Crippen LogP contribution < -0.4 is 4.74 Å². The van der Waals surface area contributed by atoms with E-state index in [1.807, 2.05) is 18.2 Å². The normalized spacial score (nSPS) is 10.6. The molecule has 5 nitrogen and oxygen atoms in total. The van der Waals surface area contributed by atoms with Crippen LogP contribution >= 0.6 is 0 Å². The van der Waals surface area contributed by atoms with E-state index in [9.17, 15) is 9.59 Å². The van der Waals surface area contributed by atoms with Crippen molar-refractivity contribution in [2.24, 2.45) is 0 Å². The second kappa shape index (κ2) is 7.21. The number of ketones is 1. The maximum Gasteiger partial charge on any atom is 0.305 e. The number of hydrogen-bond donors (Lipinski definition) is 0. The van der Waals surface area contributed by atoms with Gasteiger partial charge in [0.05, 0.1) is 26.2 Å². The first-order valence-corrected chi connectivity index (χ1v) is 7.90. The Kier molecular flexibility index (Phi) is 4.84. The van der Waals surface area contributed by atoms with E-state index >= 15 is 0 Å². The van der Waals surface area contributed by atoms with Gasteiger partial charge in [0.1, 0.15) is 17.1 Å². The fraction of sp³-hybridized carbons (Fsp3) is 0.200. The Morgan fingerprint density at radius 2 is 1.80 bits per heavy atom. The number of carbonyl (C=O) groups excluding carboxylic acids is 2. The van der Waals surface area contributed by atoms with Crippen LogP contribution in [0, 0.1) is 0 Å². The molecule has 0 aliphatic heterocycles. The highest BCUT2D eigenvalue weighted by Gasteiger charge is 2.23. The Labute approximate surface area is 145 Å². The van der Waals surface area contributed by atoms with Gasteiger partial charge in [-0.1, -0.05) is 30.3 Å². The molecular formula is C20H18O5. The van der Waals surface area contributed by atoms with E-state index in [2.05, 4.69) is 4.74 Å². The molecule has 3 rings (SSSR count). The van der Waals surface area contributed by atoms with Crippen molar-refractivity contribution in [2.45, 2.75) is 12.8 Å². The summed E-state index contributed by atoms with van der Waals surface area (Å²) in [6, 6.07) is 14.3. The smallest absolute Gasteiger partial charge is 0.305 e. The minimum atomic E-state index is -0.351. The van der Waals surface area contributed by atoms with Gasteiger partial charge in [-0.05, 0) is 18.2 Å². The first kappa shape index (κ1) is 16.8. The zero-order valence-corrected chi connectivity index (χ0v) is 14.1. The molecule has 1 heterocycles. The minimum Gasteiger partial charge on any atom is -0.497 e. The second-order valence-corrected chi connectivity index (χ2v) is 5.53. The quantitative estimate of drug-likeness (QED) is 0.505. The summed E-state index contributed by atoms with van der Waals surface area (Å²) in [4.78, 5) is 24.5. The van der Waals surface area contributed by atoms with Crippen molar-refractivity contribution in [1.29, 1.82) is 0 Å². The molecule has 128 valence electrons. The molecule has 0 fully saturated rings. The number of rotatable bonds is 6. The van der Waals surface area contributed by atoms with Crippen LogP contribution in [0.5, 0.6) is 5.75 Å². The van der Waals surface area contributed by atoms with Gasteiger partial charge in [0.2, 0.25) is 0 Å². The third-order valence-electron chi connectivity index (χ3n) is 4.01. The van der Waals surface area contributed by atoms with Gasteiger partial charge in [-0.25, -0.2) is 0 Å². The second-order valence-electron chi connectivity index (χ2n) is 5.53. The van der Waals surface area contributed by atoms with Crippen molar-refractivity contribution >= 4 is 22.7 Å². The van der Waals surface area contributed by atoms with Crippen LogP contribution in [-0.2, 0) is 16.0 Å². The van der Waals surface area contributed by atoms with E-state index in [0.29, 0.717) is 33.6 Å². The molecule has 0 spiro atoms. The van der Waals surface area contributed by atoms with Gasteiger partial charge >= 0.3 is 5.97 Å². The third-order valence-corrected chi connectivity index (χ3v) is 4.01. The molecule has 5 heteroatoms. The summed E-state index contributed by atoms with van der Waals surface area (Å²) in [7, 11) is 2.90. The summed E-state index contributed by atoms with van der Waals surface area (Å²) in [5.74, 6) is 0.612. The third kappa shape index (κ3) is 3.40. The predicted octanol–water partition coefficient (Wildman–Crippen LogP) is 3.78. The average molecular weight is 338 g/mol. The number of benzene rings is 2. The Morgan fingerprint density at radius 3 is 2.48 bits per heavy atom. The lowest BCUT2D eigenvalue weighted by molar-refractivity contribution is -0.140. The summed E-state index contributed by atoms with van der Waals surface area (Å²) in [5, 5.41) is 0.674. The zero-order valence-electron chi connectivity index (χ0n) is 14.1. The zero-order chi connectivity index (χ0) is 17.8. The molecule has 0 aliphatic rings. The highest BCUT2D eigenvalue weighted by Crippen LogP contribution is 2.32. The SMILES string of the molecule is COC(=O)CCc1oc2ccc(OC)cc2c1C(=O)c1ccccc1. The molecule has 0 N–H and O–H groups in total. The van der Waals surface area contributed by atoms with Crippen LogP contribution in [0.2, 0.25) is 0 Å². The standard InChI is InChI=1S/C20H18O5/c1-23-14-8-9-16-15(12-14)19(17(25-16)10-11-18(21)24-2)20(22)13-6-4-3-5-7-13/h3-9,12H,10-11H2,1-2H3. The molecule has 25 heavy (non-hydrogen) atoms. The summed E-state index contributed by atoms with van der Waals surface area (Å²) >= 11 is 0. The number of hydrogen-bond acceptors (Lipinski definition) is 5. The summed E-state index contributed by atoms with van der Waals surface area (Å²) in [5.41, 5.74) is 1.61. The lowest BCUT2D eigenvalue weighted by atomic mass is 9.98. The Balaban J connectivity index is 2.11. The average Bonchev–Trinajstić information content (AvgIpc) is 3.03. The molecule has 0 atom stereocenters. The van der Waals surface area contributed by atoms with Crippen LogP contribution in [0.25, 0.3) is 11.0 Å². The van der Waals surface area contributed by atoms with Crippen LogP contribution in [0.1, 0.15) is 28.1 Å². The molecule has 1 aromatic heterocycles. The molecule has 2 aromatic carbocycles. The number of carbonyl (C=O) groups is 2. The highest BCUT2D eigenvalue weighted by atomic mass is 16.5. The van der Waals surface area contributed by atoms with E-state index in [-0.39, 0.29) is 24.6 Å². The van der Waals surface area contributed by atoms with Gasteiger partial charge in [-0.3, -0.25) is 9.59 Å². The van der Waals surface area contributed by atoms with Gasteiger partial charge in [-0.15, -0.1) is 0 Å². The van der Waals surface area contributed by atoms with Crippen molar-refractivity contribution in [3.05, 3.63) is 65.4 Å².